The molecule has 2 aromatic heterocycles. The molecule has 0 saturated carbocycles. The number of hydrogen-bond donors (Lipinski definition) is 1. The minimum Gasteiger partial charge on any atom is -0.468 e. The fraction of sp³-hybridized carbons (Fsp3) is 0.417. The highest BCUT2D eigenvalue weighted by atomic mass is 32.1. The van der Waals surface area contributed by atoms with Gasteiger partial charge in [-0.2, -0.15) is 0 Å². The van der Waals surface area contributed by atoms with Crippen LogP contribution < -0.4 is 5.32 Å². The summed E-state index contributed by atoms with van der Waals surface area (Å²) in [4.78, 5) is 14.5. The minimum atomic E-state index is -0.147. The van der Waals surface area contributed by atoms with Crippen LogP contribution >= 0.6 is 11.5 Å². The SMILES string of the molecule is Cc1nnsc1C(=O)NCC(c1ccco1)N(C)C. The van der Waals surface area contributed by atoms with Crippen LogP contribution in [0.3, 0.4) is 0 Å². The van der Waals surface area contributed by atoms with Crippen LogP contribution in [-0.4, -0.2) is 41.0 Å². The molecule has 0 fully saturated rings. The van der Waals surface area contributed by atoms with Gasteiger partial charge in [-0.25, -0.2) is 0 Å². The van der Waals surface area contributed by atoms with Crippen LogP contribution in [0, 0.1) is 6.92 Å². The van der Waals surface area contributed by atoms with Crippen LogP contribution in [0.2, 0.25) is 0 Å². The van der Waals surface area contributed by atoms with Crippen LogP contribution in [-0.2, 0) is 0 Å². The first-order valence-corrected chi connectivity index (χ1v) is 6.64. The lowest BCUT2D eigenvalue weighted by Crippen LogP contribution is -2.34. The Morgan fingerprint density at radius 3 is 2.89 bits per heavy atom. The fourth-order valence-electron chi connectivity index (χ4n) is 1.73. The lowest BCUT2D eigenvalue weighted by atomic mass is 10.2. The average molecular weight is 280 g/mol. The van der Waals surface area contributed by atoms with Crippen LogP contribution in [0.5, 0.6) is 0 Å². The molecule has 2 rings (SSSR count). The van der Waals surface area contributed by atoms with Crippen molar-refractivity contribution in [3.05, 3.63) is 34.7 Å². The molecule has 0 aliphatic heterocycles. The Balaban J connectivity index is 2.00. The van der Waals surface area contributed by atoms with E-state index in [2.05, 4.69) is 14.9 Å². The number of amides is 1. The summed E-state index contributed by atoms with van der Waals surface area (Å²) in [5.41, 5.74) is 0.655. The van der Waals surface area contributed by atoms with Gasteiger partial charge in [-0.3, -0.25) is 9.69 Å². The van der Waals surface area contributed by atoms with Crippen LogP contribution in [0.1, 0.15) is 27.2 Å². The van der Waals surface area contributed by atoms with E-state index in [9.17, 15) is 4.79 Å². The molecule has 7 heteroatoms. The van der Waals surface area contributed by atoms with Gasteiger partial charge < -0.3 is 9.73 Å². The van der Waals surface area contributed by atoms with E-state index >= 15 is 0 Å². The maximum absolute atomic E-state index is 12.0. The number of nitrogens with zero attached hydrogens (tertiary/aromatic N) is 3. The molecule has 0 aromatic carbocycles. The van der Waals surface area contributed by atoms with Crippen molar-refractivity contribution in [2.75, 3.05) is 20.6 Å². The van der Waals surface area contributed by atoms with Gasteiger partial charge in [0.25, 0.3) is 5.91 Å². The number of carbonyl (C=O) groups is 1. The predicted molar refractivity (Wildman–Crippen MR) is 72.1 cm³/mol. The molecule has 0 bridgehead atoms. The smallest absolute Gasteiger partial charge is 0.265 e. The molecule has 1 amide bonds. The largest absolute Gasteiger partial charge is 0.468 e. The maximum atomic E-state index is 12.0. The van der Waals surface area contributed by atoms with Crippen molar-refractivity contribution in [3.8, 4) is 0 Å². The number of carbonyl (C=O) groups excluding carboxylic acids is 1. The van der Waals surface area contributed by atoms with Gasteiger partial charge in [-0.15, -0.1) is 5.10 Å². The number of furan rings is 1. The monoisotopic (exact) mass is 280 g/mol. The highest BCUT2D eigenvalue weighted by Gasteiger charge is 2.19. The molecule has 0 aliphatic carbocycles. The average Bonchev–Trinajstić information content (AvgIpc) is 3.00. The van der Waals surface area contributed by atoms with Crippen molar-refractivity contribution < 1.29 is 9.21 Å². The topological polar surface area (TPSA) is 71.3 Å². The number of aromatic nitrogens is 2. The minimum absolute atomic E-state index is 0.000127. The maximum Gasteiger partial charge on any atom is 0.265 e. The Morgan fingerprint density at radius 2 is 2.37 bits per heavy atom. The van der Waals surface area contributed by atoms with E-state index in [0.717, 1.165) is 17.3 Å². The highest BCUT2D eigenvalue weighted by Crippen LogP contribution is 2.18. The second-order valence-electron chi connectivity index (χ2n) is 4.39. The van der Waals surface area contributed by atoms with Crippen molar-refractivity contribution in [3.63, 3.8) is 0 Å². The highest BCUT2D eigenvalue weighted by molar-refractivity contribution is 7.07. The summed E-state index contributed by atoms with van der Waals surface area (Å²) in [7, 11) is 3.89. The third-order valence-corrected chi connectivity index (χ3v) is 3.64. The summed E-state index contributed by atoms with van der Waals surface area (Å²) in [5.74, 6) is 0.676. The summed E-state index contributed by atoms with van der Waals surface area (Å²) >= 11 is 1.10. The second-order valence-corrected chi connectivity index (χ2v) is 5.15. The molecule has 2 heterocycles. The zero-order valence-corrected chi connectivity index (χ0v) is 11.9. The van der Waals surface area contributed by atoms with Crippen molar-refractivity contribution in [2.45, 2.75) is 13.0 Å². The molecule has 1 N–H and O–H groups in total. The zero-order valence-electron chi connectivity index (χ0n) is 11.1. The van der Waals surface area contributed by atoms with Gasteiger partial charge in [0.1, 0.15) is 10.6 Å². The van der Waals surface area contributed by atoms with Gasteiger partial charge in [0.2, 0.25) is 0 Å². The van der Waals surface area contributed by atoms with Gasteiger partial charge in [-0.05, 0) is 44.7 Å². The molecule has 0 spiro atoms. The van der Waals surface area contributed by atoms with E-state index in [-0.39, 0.29) is 11.9 Å². The van der Waals surface area contributed by atoms with E-state index in [1.54, 1.807) is 13.2 Å². The molecule has 0 aliphatic rings. The Bertz CT molecular complexity index is 536. The summed E-state index contributed by atoms with van der Waals surface area (Å²) in [5, 5.41) is 6.71. The first-order valence-electron chi connectivity index (χ1n) is 5.86. The molecule has 2 aromatic rings. The molecular formula is C12H16N4O2S. The second kappa shape index (κ2) is 5.94. The third kappa shape index (κ3) is 3.18. The number of likely N-dealkylation sites (N-methyl/N-ethyl adjacent to an activating group) is 1. The number of aryl methyl sites for hydroxylation is 1. The quantitative estimate of drug-likeness (QED) is 0.898. The van der Waals surface area contributed by atoms with Crippen LogP contribution in [0.25, 0.3) is 0 Å². The summed E-state index contributed by atoms with van der Waals surface area (Å²) < 4.78 is 9.15. The molecule has 0 saturated heterocycles. The first-order chi connectivity index (χ1) is 9.09. The Hall–Kier alpha value is -1.73. The summed E-state index contributed by atoms with van der Waals surface area (Å²) in [6.07, 6.45) is 1.63. The lowest BCUT2D eigenvalue weighted by Gasteiger charge is -2.22. The van der Waals surface area contributed by atoms with Crippen molar-refractivity contribution >= 4 is 17.4 Å². The van der Waals surface area contributed by atoms with E-state index in [4.69, 9.17) is 4.42 Å². The van der Waals surface area contributed by atoms with Gasteiger partial charge in [0.15, 0.2) is 0 Å². The third-order valence-electron chi connectivity index (χ3n) is 2.81. The summed E-state index contributed by atoms with van der Waals surface area (Å²) in [6.45, 7) is 2.24. The Labute approximate surface area is 115 Å². The summed E-state index contributed by atoms with van der Waals surface area (Å²) in [6, 6.07) is 3.74. The van der Waals surface area contributed by atoms with Crippen molar-refractivity contribution in [1.82, 2.24) is 19.8 Å². The van der Waals surface area contributed by atoms with Gasteiger partial charge in [0, 0.05) is 6.54 Å². The first kappa shape index (κ1) is 13.7. The number of rotatable bonds is 5. The van der Waals surface area contributed by atoms with Crippen LogP contribution in [0.15, 0.2) is 22.8 Å². The molecule has 6 nitrogen and oxygen atoms in total. The molecule has 1 atom stereocenters. The van der Waals surface area contributed by atoms with Crippen molar-refractivity contribution in [1.29, 1.82) is 0 Å². The van der Waals surface area contributed by atoms with Gasteiger partial charge >= 0.3 is 0 Å². The number of nitrogens with one attached hydrogen (secondary N) is 1. The van der Waals surface area contributed by atoms with Crippen LogP contribution in [0.4, 0.5) is 0 Å². The fourth-order valence-corrected chi connectivity index (χ4v) is 2.30. The van der Waals surface area contributed by atoms with E-state index < -0.39 is 0 Å². The molecule has 1 unspecified atom stereocenters. The number of hydrogen-bond acceptors (Lipinski definition) is 6. The van der Waals surface area contributed by atoms with Gasteiger partial charge in [-0.1, -0.05) is 4.49 Å². The zero-order chi connectivity index (χ0) is 13.8. The Morgan fingerprint density at radius 1 is 1.58 bits per heavy atom. The van der Waals surface area contributed by atoms with E-state index in [1.165, 1.54) is 0 Å². The van der Waals surface area contributed by atoms with Gasteiger partial charge in [0.05, 0.1) is 18.0 Å². The molecular weight excluding hydrogens is 264 g/mol. The molecule has 0 radical (unpaired) electrons. The van der Waals surface area contributed by atoms with Crippen molar-refractivity contribution in [2.24, 2.45) is 0 Å². The normalized spacial score (nSPS) is 12.6. The molecule has 19 heavy (non-hydrogen) atoms. The lowest BCUT2D eigenvalue weighted by molar-refractivity contribution is 0.0942. The predicted octanol–water partition coefficient (Wildman–Crippen LogP) is 1.47. The standard InChI is InChI=1S/C12H16N4O2S/c1-8-11(19-15-14-8)12(17)13-7-9(16(2)3)10-5-4-6-18-10/h4-6,9H,7H2,1-3H3,(H,13,17). The molecule has 102 valence electrons. The van der Waals surface area contributed by atoms with E-state index in [0.29, 0.717) is 17.1 Å². The Kier molecular flexibility index (Phi) is 4.28. The van der Waals surface area contributed by atoms with E-state index in [1.807, 2.05) is 31.1 Å².